The number of halogens is 1. The monoisotopic (exact) mass is 245 g/mol. The van der Waals surface area contributed by atoms with Crippen LogP contribution in [0.25, 0.3) is 11.1 Å². The Morgan fingerprint density at radius 2 is 1.78 bits per heavy atom. The van der Waals surface area contributed by atoms with Crippen LogP contribution in [0.2, 0.25) is 0 Å². The van der Waals surface area contributed by atoms with E-state index in [-0.39, 0.29) is 5.82 Å². The molecule has 1 heterocycles. The molecular formula is C14H16FN3. The van der Waals surface area contributed by atoms with Crippen LogP contribution in [0.5, 0.6) is 0 Å². The zero-order valence-corrected chi connectivity index (χ0v) is 10.7. The topological polar surface area (TPSA) is 37.8 Å². The summed E-state index contributed by atoms with van der Waals surface area (Å²) in [5.41, 5.74) is 2.43. The summed E-state index contributed by atoms with van der Waals surface area (Å²) in [6, 6.07) is 5.29. The molecule has 0 saturated heterocycles. The second kappa shape index (κ2) is 5.12. The lowest BCUT2D eigenvalue weighted by atomic mass is 10.1. The number of hydrogen-bond donors (Lipinski definition) is 1. The molecule has 0 aliphatic carbocycles. The molecule has 0 bridgehead atoms. The third-order valence-electron chi connectivity index (χ3n) is 2.56. The van der Waals surface area contributed by atoms with Crippen LogP contribution >= 0.6 is 0 Å². The largest absolute Gasteiger partial charge is 0.352 e. The van der Waals surface area contributed by atoms with Crippen molar-refractivity contribution < 1.29 is 4.39 Å². The highest BCUT2D eigenvalue weighted by molar-refractivity contribution is 5.62. The quantitative estimate of drug-likeness (QED) is 0.900. The van der Waals surface area contributed by atoms with Crippen LogP contribution in [-0.4, -0.2) is 16.0 Å². The molecule has 1 N–H and O–H groups in total. The molecular weight excluding hydrogens is 229 g/mol. The Labute approximate surface area is 106 Å². The van der Waals surface area contributed by atoms with Crippen molar-refractivity contribution >= 4 is 5.95 Å². The Hall–Kier alpha value is -1.97. The first kappa shape index (κ1) is 12.5. The van der Waals surface area contributed by atoms with Crippen molar-refractivity contribution in [2.75, 3.05) is 5.32 Å². The van der Waals surface area contributed by atoms with Crippen LogP contribution in [-0.2, 0) is 0 Å². The standard InChI is InChI=1S/C14H16FN3/c1-9(2)18-14-16-7-12(8-17-14)11-4-5-13(15)10(3)6-11/h4-9H,1-3H3,(H,16,17,18). The predicted octanol–water partition coefficient (Wildman–Crippen LogP) is 3.41. The highest BCUT2D eigenvalue weighted by Gasteiger charge is 2.04. The Balaban J connectivity index is 2.25. The van der Waals surface area contributed by atoms with Crippen molar-refractivity contribution in [3.05, 3.63) is 42.0 Å². The summed E-state index contributed by atoms with van der Waals surface area (Å²) in [6.45, 7) is 5.80. The number of rotatable bonds is 3. The lowest BCUT2D eigenvalue weighted by molar-refractivity contribution is 0.619. The maximum atomic E-state index is 13.2. The van der Waals surface area contributed by atoms with Gasteiger partial charge in [0, 0.05) is 24.0 Å². The average Bonchev–Trinajstić information content (AvgIpc) is 2.33. The first-order valence-corrected chi connectivity index (χ1v) is 5.91. The van der Waals surface area contributed by atoms with Gasteiger partial charge >= 0.3 is 0 Å². The van der Waals surface area contributed by atoms with Crippen LogP contribution in [0.3, 0.4) is 0 Å². The van der Waals surface area contributed by atoms with Gasteiger partial charge in [-0.05, 0) is 44.0 Å². The van der Waals surface area contributed by atoms with Gasteiger partial charge in [0.15, 0.2) is 0 Å². The molecule has 0 amide bonds. The fraction of sp³-hybridized carbons (Fsp3) is 0.286. The van der Waals surface area contributed by atoms with E-state index >= 15 is 0 Å². The summed E-state index contributed by atoms with van der Waals surface area (Å²) in [4.78, 5) is 8.46. The number of aromatic nitrogens is 2. The van der Waals surface area contributed by atoms with Gasteiger partial charge in [-0.2, -0.15) is 0 Å². The molecule has 18 heavy (non-hydrogen) atoms. The van der Waals surface area contributed by atoms with E-state index < -0.39 is 0 Å². The van der Waals surface area contributed by atoms with Crippen molar-refractivity contribution in [2.24, 2.45) is 0 Å². The van der Waals surface area contributed by atoms with E-state index in [1.807, 2.05) is 13.8 Å². The molecule has 1 aromatic carbocycles. The normalized spacial score (nSPS) is 10.7. The number of nitrogens with one attached hydrogen (secondary N) is 1. The fourth-order valence-electron chi connectivity index (χ4n) is 1.63. The Kier molecular flexibility index (Phi) is 3.55. The van der Waals surface area contributed by atoms with E-state index in [0.717, 1.165) is 11.1 Å². The van der Waals surface area contributed by atoms with Gasteiger partial charge in [-0.1, -0.05) is 6.07 Å². The van der Waals surface area contributed by atoms with Gasteiger partial charge in [-0.25, -0.2) is 14.4 Å². The first-order chi connectivity index (χ1) is 8.56. The minimum Gasteiger partial charge on any atom is -0.352 e. The molecule has 4 heteroatoms. The highest BCUT2D eigenvalue weighted by atomic mass is 19.1. The van der Waals surface area contributed by atoms with E-state index in [2.05, 4.69) is 15.3 Å². The fourth-order valence-corrected chi connectivity index (χ4v) is 1.63. The van der Waals surface area contributed by atoms with Crippen molar-refractivity contribution in [2.45, 2.75) is 26.8 Å². The van der Waals surface area contributed by atoms with E-state index in [4.69, 9.17) is 0 Å². The molecule has 0 fully saturated rings. The molecule has 94 valence electrons. The van der Waals surface area contributed by atoms with Crippen molar-refractivity contribution in [1.29, 1.82) is 0 Å². The summed E-state index contributed by atoms with van der Waals surface area (Å²) in [5.74, 6) is 0.408. The number of aryl methyl sites for hydroxylation is 1. The number of benzene rings is 1. The zero-order valence-electron chi connectivity index (χ0n) is 10.7. The second-order valence-electron chi connectivity index (χ2n) is 4.56. The lowest BCUT2D eigenvalue weighted by Crippen LogP contribution is -2.12. The molecule has 0 spiro atoms. The van der Waals surface area contributed by atoms with E-state index in [1.54, 1.807) is 31.5 Å². The van der Waals surface area contributed by atoms with Gasteiger partial charge in [-0.15, -0.1) is 0 Å². The van der Waals surface area contributed by atoms with Crippen molar-refractivity contribution in [3.8, 4) is 11.1 Å². The van der Waals surface area contributed by atoms with Crippen molar-refractivity contribution in [3.63, 3.8) is 0 Å². The van der Waals surface area contributed by atoms with Crippen LogP contribution in [0, 0.1) is 12.7 Å². The maximum absolute atomic E-state index is 13.2. The molecule has 0 aliphatic rings. The van der Waals surface area contributed by atoms with Crippen molar-refractivity contribution in [1.82, 2.24) is 9.97 Å². The summed E-state index contributed by atoms with van der Waals surface area (Å²) in [5, 5.41) is 3.12. The van der Waals surface area contributed by atoms with Crippen LogP contribution in [0.4, 0.5) is 10.3 Å². The molecule has 2 rings (SSSR count). The minimum atomic E-state index is -0.197. The van der Waals surface area contributed by atoms with Gasteiger partial charge < -0.3 is 5.32 Å². The van der Waals surface area contributed by atoms with Gasteiger partial charge in [0.05, 0.1) is 0 Å². The second-order valence-corrected chi connectivity index (χ2v) is 4.56. The maximum Gasteiger partial charge on any atom is 0.222 e. The molecule has 1 aromatic heterocycles. The molecule has 0 unspecified atom stereocenters. The van der Waals surface area contributed by atoms with Gasteiger partial charge in [-0.3, -0.25) is 0 Å². The van der Waals surface area contributed by atoms with Gasteiger partial charge in [0.1, 0.15) is 5.82 Å². The summed E-state index contributed by atoms with van der Waals surface area (Å²) in [6.07, 6.45) is 3.48. The summed E-state index contributed by atoms with van der Waals surface area (Å²) in [7, 11) is 0. The molecule has 3 nitrogen and oxygen atoms in total. The van der Waals surface area contributed by atoms with Gasteiger partial charge in [0.25, 0.3) is 0 Å². The highest BCUT2D eigenvalue weighted by Crippen LogP contribution is 2.20. The predicted molar refractivity (Wildman–Crippen MR) is 70.9 cm³/mol. The third-order valence-corrected chi connectivity index (χ3v) is 2.56. The van der Waals surface area contributed by atoms with Gasteiger partial charge in [0.2, 0.25) is 5.95 Å². The van der Waals surface area contributed by atoms with E-state index in [0.29, 0.717) is 17.6 Å². The zero-order chi connectivity index (χ0) is 13.1. The summed E-state index contributed by atoms with van der Waals surface area (Å²) < 4.78 is 13.2. The first-order valence-electron chi connectivity index (χ1n) is 5.91. The SMILES string of the molecule is Cc1cc(-c2cnc(NC(C)C)nc2)ccc1F. The molecule has 0 aliphatic heterocycles. The number of nitrogens with zero attached hydrogens (tertiary/aromatic N) is 2. The Morgan fingerprint density at radius 1 is 1.11 bits per heavy atom. The number of hydrogen-bond acceptors (Lipinski definition) is 3. The average molecular weight is 245 g/mol. The lowest BCUT2D eigenvalue weighted by Gasteiger charge is -2.08. The molecule has 2 aromatic rings. The molecule has 0 atom stereocenters. The third kappa shape index (κ3) is 2.83. The van der Waals surface area contributed by atoms with Crippen LogP contribution in [0.15, 0.2) is 30.6 Å². The summed E-state index contributed by atoms with van der Waals surface area (Å²) >= 11 is 0. The number of anilines is 1. The van der Waals surface area contributed by atoms with Crippen LogP contribution in [0.1, 0.15) is 19.4 Å². The Bertz CT molecular complexity index is 535. The van der Waals surface area contributed by atoms with Crippen LogP contribution < -0.4 is 5.32 Å². The minimum absolute atomic E-state index is 0.197. The smallest absolute Gasteiger partial charge is 0.222 e. The Morgan fingerprint density at radius 3 is 2.33 bits per heavy atom. The molecule has 0 radical (unpaired) electrons. The van der Waals surface area contributed by atoms with E-state index in [9.17, 15) is 4.39 Å². The molecule has 0 saturated carbocycles. The van der Waals surface area contributed by atoms with E-state index in [1.165, 1.54) is 6.07 Å².